The summed E-state index contributed by atoms with van der Waals surface area (Å²) in [6.07, 6.45) is 4.46. The summed E-state index contributed by atoms with van der Waals surface area (Å²) in [4.78, 5) is 31.5. The first-order valence-electron chi connectivity index (χ1n) is 9.90. The van der Waals surface area contributed by atoms with E-state index in [-0.39, 0.29) is 17.0 Å². The molecule has 2 N–H and O–H groups in total. The third-order valence-electron chi connectivity index (χ3n) is 5.51. The van der Waals surface area contributed by atoms with Gasteiger partial charge in [0.25, 0.3) is 11.5 Å². The molecule has 0 aliphatic carbocycles. The Hall–Kier alpha value is -3.23. The van der Waals surface area contributed by atoms with E-state index in [9.17, 15) is 14.0 Å². The number of nitrogens with two attached hydrogens (primary N) is 1. The van der Waals surface area contributed by atoms with Gasteiger partial charge in [-0.15, -0.1) is 0 Å². The first kappa shape index (κ1) is 20.1. The molecule has 1 atom stereocenters. The lowest BCUT2D eigenvalue weighted by atomic mass is 9.89. The summed E-state index contributed by atoms with van der Waals surface area (Å²) in [6, 6.07) is 2.80. The number of nitrogens with zero attached hydrogens (tertiary/aromatic N) is 5. The maximum atomic E-state index is 14.0. The number of halogens is 1. The maximum Gasteiger partial charge on any atom is 0.255 e. The van der Waals surface area contributed by atoms with Crippen molar-refractivity contribution in [2.24, 2.45) is 12.8 Å². The number of hydrogen-bond acceptors (Lipinski definition) is 5. The Morgan fingerprint density at radius 1 is 1.33 bits per heavy atom. The van der Waals surface area contributed by atoms with Gasteiger partial charge < -0.3 is 15.2 Å². The molecule has 158 valence electrons. The molecule has 4 heterocycles. The van der Waals surface area contributed by atoms with Crippen LogP contribution in [-0.2, 0) is 12.5 Å². The molecule has 0 spiro atoms. The maximum absolute atomic E-state index is 14.0. The molecule has 0 radical (unpaired) electrons. The average molecular weight is 412 g/mol. The van der Waals surface area contributed by atoms with Crippen LogP contribution >= 0.6 is 0 Å². The third-order valence-corrected chi connectivity index (χ3v) is 5.51. The lowest BCUT2D eigenvalue weighted by Crippen LogP contribution is -2.31. The predicted octanol–water partition coefficient (Wildman–Crippen LogP) is 2.31. The van der Waals surface area contributed by atoms with Crippen molar-refractivity contribution in [2.45, 2.75) is 45.1 Å². The summed E-state index contributed by atoms with van der Waals surface area (Å²) >= 11 is 0. The molecule has 1 unspecified atom stereocenters. The monoisotopic (exact) mass is 412 g/mol. The Morgan fingerprint density at radius 2 is 2.07 bits per heavy atom. The van der Waals surface area contributed by atoms with Gasteiger partial charge in [-0.2, -0.15) is 5.10 Å². The van der Waals surface area contributed by atoms with E-state index in [1.165, 1.54) is 23.9 Å². The van der Waals surface area contributed by atoms with Gasteiger partial charge in [0, 0.05) is 37.0 Å². The summed E-state index contributed by atoms with van der Waals surface area (Å²) in [5, 5.41) is 4.52. The van der Waals surface area contributed by atoms with E-state index in [2.05, 4.69) is 10.1 Å². The van der Waals surface area contributed by atoms with Gasteiger partial charge in [-0.3, -0.25) is 9.59 Å². The van der Waals surface area contributed by atoms with Crippen molar-refractivity contribution < 1.29 is 9.18 Å². The van der Waals surface area contributed by atoms with Gasteiger partial charge in [-0.05, 0) is 25.0 Å². The van der Waals surface area contributed by atoms with Gasteiger partial charge in [0.05, 0.1) is 11.7 Å². The van der Waals surface area contributed by atoms with Crippen LogP contribution < -0.4 is 16.2 Å². The van der Waals surface area contributed by atoms with Gasteiger partial charge in [-0.1, -0.05) is 20.8 Å². The molecule has 4 rings (SSSR count). The molecule has 9 heteroatoms. The number of hydrogen-bond donors (Lipinski definition) is 1. The summed E-state index contributed by atoms with van der Waals surface area (Å²) in [5.41, 5.74) is 6.70. The van der Waals surface area contributed by atoms with E-state index in [0.717, 1.165) is 6.42 Å². The number of amides is 1. The highest BCUT2D eigenvalue weighted by Crippen LogP contribution is 2.35. The molecule has 3 aromatic heterocycles. The largest absolute Gasteiger partial charge is 0.365 e. The van der Waals surface area contributed by atoms with Crippen molar-refractivity contribution in [1.82, 2.24) is 19.2 Å². The van der Waals surface area contributed by atoms with E-state index < -0.39 is 11.7 Å². The van der Waals surface area contributed by atoms with E-state index in [4.69, 9.17) is 5.73 Å². The van der Waals surface area contributed by atoms with Gasteiger partial charge in [0.15, 0.2) is 5.65 Å². The minimum absolute atomic E-state index is 0.230. The SMILES string of the molecule is Cn1cc(F)cc(C2CCCN2c2ccn3nc(C(C)(C)C)c(C(N)=O)c3n2)c1=O. The number of anilines is 1. The Kier molecular flexibility index (Phi) is 4.63. The second-order valence-electron chi connectivity index (χ2n) is 8.77. The quantitative estimate of drug-likeness (QED) is 0.712. The van der Waals surface area contributed by atoms with Crippen molar-refractivity contribution >= 4 is 17.4 Å². The smallest absolute Gasteiger partial charge is 0.255 e. The topological polar surface area (TPSA) is 98.5 Å². The van der Waals surface area contributed by atoms with Crippen LogP contribution in [0.3, 0.4) is 0 Å². The van der Waals surface area contributed by atoms with Crippen molar-refractivity contribution in [1.29, 1.82) is 0 Å². The van der Waals surface area contributed by atoms with Crippen LogP contribution in [0.4, 0.5) is 10.2 Å². The van der Waals surface area contributed by atoms with Gasteiger partial charge in [-0.25, -0.2) is 13.9 Å². The van der Waals surface area contributed by atoms with Crippen molar-refractivity contribution in [2.75, 3.05) is 11.4 Å². The minimum Gasteiger partial charge on any atom is -0.365 e. The number of aromatic nitrogens is 4. The fourth-order valence-electron chi connectivity index (χ4n) is 4.13. The number of carbonyl (C=O) groups excluding carboxylic acids is 1. The van der Waals surface area contributed by atoms with Crippen LogP contribution in [0.2, 0.25) is 0 Å². The summed E-state index contributed by atoms with van der Waals surface area (Å²) in [6.45, 7) is 6.54. The highest BCUT2D eigenvalue weighted by Gasteiger charge is 2.32. The molecule has 1 amide bonds. The van der Waals surface area contributed by atoms with E-state index in [1.54, 1.807) is 16.8 Å². The average Bonchev–Trinajstić information content (AvgIpc) is 3.28. The first-order chi connectivity index (χ1) is 14.1. The summed E-state index contributed by atoms with van der Waals surface area (Å²) in [5.74, 6) is -0.445. The highest BCUT2D eigenvalue weighted by molar-refractivity contribution is 6.00. The van der Waals surface area contributed by atoms with Crippen molar-refractivity contribution in [3.05, 3.63) is 57.5 Å². The third kappa shape index (κ3) is 3.24. The Bertz CT molecular complexity index is 1210. The lowest BCUT2D eigenvalue weighted by Gasteiger charge is -2.26. The van der Waals surface area contributed by atoms with E-state index >= 15 is 0 Å². The van der Waals surface area contributed by atoms with Crippen molar-refractivity contribution in [3.8, 4) is 0 Å². The summed E-state index contributed by atoms with van der Waals surface area (Å²) in [7, 11) is 1.54. The second-order valence-corrected chi connectivity index (χ2v) is 8.77. The van der Waals surface area contributed by atoms with Crippen molar-refractivity contribution in [3.63, 3.8) is 0 Å². The Labute approximate surface area is 173 Å². The standard InChI is InChI=1S/C21H25FN6O2/c1-21(2,3)17-16(18(23)29)19-24-15(7-9-28(19)25-17)27-8-5-6-14(27)13-10-12(22)11-26(4)20(13)30/h7,9-11,14H,5-6,8H2,1-4H3,(H2,23,29). The number of primary amides is 1. The second kappa shape index (κ2) is 6.93. The van der Waals surface area contributed by atoms with Crippen LogP contribution in [0.25, 0.3) is 5.65 Å². The lowest BCUT2D eigenvalue weighted by molar-refractivity contribution is 0.0999. The molecule has 1 saturated heterocycles. The molecule has 3 aromatic rings. The van der Waals surface area contributed by atoms with Gasteiger partial charge in [0.2, 0.25) is 0 Å². The van der Waals surface area contributed by atoms with Crippen LogP contribution in [0.15, 0.2) is 29.3 Å². The zero-order valence-corrected chi connectivity index (χ0v) is 17.5. The molecule has 1 aliphatic rings. The molecule has 0 saturated carbocycles. The number of rotatable bonds is 3. The van der Waals surface area contributed by atoms with E-state index in [1.807, 2.05) is 25.7 Å². The fourth-order valence-corrected chi connectivity index (χ4v) is 4.13. The molecule has 0 aromatic carbocycles. The van der Waals surface area contributed by atoms with Crippen LogP contribution in [0, 0.1) is 5.82 Å². The normalized spacial score (nSPS) is 17.1. The molecule has 0 bridgehead atoms. The van der Waals surface area contributed by atoms with Gasteiger partial charge >= 0.3 is 0 Å². The Morgan fingerprint density at radius 3 is 2.73 bits per heavy atom. The first-order valence-corrected chi connectivity index (χ1v) is 9.90. The molecule has 1 fully saturated rings. The molecule has 30 heavy (non-hydrogen) atoms. The number of aryl methyl sites for hydroxylation is 1. The highest BCUT2D eigenvalue weighted by atomic mass is 19.1. The minimum atomic E-state index is -0.587. The number of fused-ring (bicyclic) bond motifs is 1. The molecular weight excluding hydrogens is 387 g/mol. The predicted molar refractivity (Wildman–Crippen MR) is 111 cm³/mol. The fraction of sp³-hybridized carbons (Fsp3) is 0.429. The Balaban J connectivity index is 1.84. The van der Waals surface area contributed by atoms with Crippen LogP contribution in [-0.4, -0.2) is 31.6 Å². The zero-order chi connectivity index (χ0) is 21.8. The van der Waals surface area contributed by atoms with Crippen LogP contribution in [0.1, 0.15) is 61.3 Å². The van der Waals surface area contributed by atoms with E-state index in [0.29, 0.717) is 41.3 Å². The zero-order valence-electron chi connectivity index (χ0n) is 17.5. The number of pyridine rings is 1. The van der Waals surface area contributed by atoms with Crippen LogP contribution in [0.5, 0.6) is 0 Å². The number of carbonyl (C=O) groups is 1. The molecule has 1 aliphatic heterocycles. The molecular formula is C21H25FN6O2. The van der Waals surface area contributed by atoms with Gasteiger partial charge in [0.1, 0.15) is 17.2 Å². The summed E-state index contributed by atoms with van der Waals surface area (Å²) < 4.78 is 16.8. The molecule has 8 nitrogen and oxygen atoms in total.